The van der Waals surface area contributed by atoms with E-state index in [0.29, 0.717) is 25.4 Å². The Hall–Kier alpha value is -2.08. The normalized spacial score (nSPS) is 16.6. The van der Waals surface area contributed by atoms with E-state index in [1.165, 1.54) is 4.31 Å². The molecule has 9 nitrogen and oxygen atoms in total. The Morgan fingerprint density at radius 1 is 1.30 bits per heavy atom. The average Bonchev–Trinajstić information content (AvgIpc) is 3.17. The fourth-order valence-corrected chi connectivity index (χ4v) is 4.88. The van der Waals surface area contributed by atoms with Crippen LogP contribution < -0.4 is 10.1 Å². The number of carbonyl (C=O) groups is 1. The van der Waals surface area contributed by atoms with Gasteiger partial charge in [-0.2, -0.15) is 4.31 Å². The van der Waals surface area contributed by atoms with Crippen LogP contribution in [0.2, 0.25) is 0 Å². The largest absolute Gasteiger partial charge is 0.481 e. The van der Waals surface area contributed by atoms with Gasteiger partial charge < -0.3 is 9.47 Å². The molecular weight excluding hydrogens is 392 g/mol. The molecule has 0 bridgehead atoms. The summed E-state index contributed by atoms with van der Waals surface area (Å²) in [6.07, 6.45) is -0.283. The van der Waals surface area contributed by atoms with Crippen molar-refractivity contribution >= 4 is 32.4 Å². The van der Waals surface area contributed by atoms with Crippen molar-refractivity contribution in [3.63, 3.8) is 0 Å². The van der Waals surface area contributed by atoms with Crippen LogP contribution >= 0.6 is 11.3 Å². The maximum atomic E-state index is 12.6. The second-order valence-corrected chi connectivity index (χ2v) is 8.80. The summed E-state index contributed by atoms with van der Waals surface area (Å²) in [4.78, 5) is 12.4. The number of nitrogens with zero attached hydrogens (tertiary/aromatic N) is 3. The summed E-state index contributed by atoms with van der Waals surface area (Å²) >= 11 is 0.816. The fraction of sp³-hybridized carbons (Fsp3) is 0.438. The van der Waals surface area contributed by atoms with Crippen molar-refractivity contribution in [2.24, 2.45) is 0 Å². The molecule has 1 saturated heterocycles. The number of anilines is 1. The highest BCUT2D eigenvalue weighted by molar-refractivity contribution is 7.91. The van der Waals surface area contributed by atoms with Crippen LogP contribution in [0.3, 0.4) is 0 Å². The molecule has 146 valence electrons. The number of amides is 1. The zero-order valence-corrected chi connectivity index (χ0v) is 16.3. The molecule has 0 saturated carbocycles. The van der Waals surface area contributed by atoms with E-state index in [0.717, 1.165) is 11.3 Å². The van der Waals surface area contributed by atoms with Gasteiger partial charge in [-0.25, -0.2) is 8.42 Å². The quantitative estimate of drug-likeness (QED) is 0.684. The number of rotatable bonds is 7. The second-order valence-electron chi connectivity index (χ2n) is 5.71. The Morgan fingerprint density at radius 3 is 2.67 bits per heavy atom. The lowest BCUT2D eigenvalue weighted by molar-refractivity contribution is -0.122. The molecule has 2 aromatic rings. The molecule has 1 aromatic carbocycles. The monoisotopic (exact) mass is 412 g/mol. The van der Waals surface area contributed by atoms with Gasteiger partial charge in [0.15, 0.2) is 6.10 Å². The highest BCUT2D eigenvalue weighted by Crippen LogP contribution is 2.24. The number of hydrogen-bond acceptors (Lipinski definition) is 8. The van der Waals surface area contributed by atoms with E-state index in [4.69, 9.17) is 9.47 Å². The van der Waals surface area contributed by atoms with Gasteiger partial charge in [0, 0.05) is 13.1 Å². The molecule has 1 aromatic heterocycles. The van der Waals surface area contributed by atoms with Crippen molar-refractivity contribution in [1.82, 2.24) is 14.5 Å². The SMILES string of the molecule is CCC(Oc1ccccc1)C(=O)Nc1nnc(S(=O)(=O)N2CCOCC2)s1. The first kappa shape index (κ1) is 19.7. The standard InChI is InChI=1S/C16H20N4O5S2/c1-2-13(25-12-6-4-3-5-7-12)14(21)17-15-18-19-16(26-15)27(22,23)20-8-10-24-11-9-20/h3-7,13H,2,8-11H2,1H3,(H,17,18,21). The van der Waals surface area contributed by atoms with E-state index >= 15 is 0 Å². The van der Waals surface area contributed by atoms with E-state index < -0.39 is 22.0 Å². The first-order chi connectivity index (χ1) is 13.0. The average molecular weight is 412 g/mol. The third kappa shape index (κ3) is 4.80. The van der Waals surface area contributed by atoms with Gasteiger partial charge in [-0.15, -0.1) is 10.2 Å². The van der Waals surface area contributed by atoms with Gasteiger partial charge in [0.05, 0.1) is 13.2 Å². The summed E-state index contributed by atoms with van der Waals surface area (Å²) in [6.45, 7) is 3.05. The molecular formula is C16H20N4O5S2. The van der Waals surface area contributed by atoms with Gasteiger partial charge in [-0.1, -0.05) is 36.5 Å². The summed E-state index contributed by atoms with van der Waals surface area (Å²) in [7, 11) is -3.74. The molecule has 1 N–H and O–H groups in total. The number of carbonyl (C=O) groups excluding carboxylic acids is 1. The molecule has 0 aliphatic carbocycles. The lowest BCUT2D eigenvalue weighted by Crippen LogP contribution is -2.40. The lowest BCUT2D eigenvalue weighted by Gasteiger charge is -2.24. The van der Waals surface area contributed by atoms with Gasteiger partial charge >= 0.3 is 0 Å². The Labute approximate surface area is 161 Å². The maximum absolute atomic E-state index is 12.6. The van der Waals surface area contributed by atoms with E-state index in [1.54, 1.807) is 12.1 Å². The van der Waals surface area contributed by atoms with E-state index in [-0.39, 0.29) is 22.6 Å². The van der Waals surface area contributed by atoms with Crippen LogP contribution in [0.15, 0.2) is 34.7 Å². The predicted molar refractivity (Wildman–Crippen MR) is 99.3 cm³/mol. The van der Waals surface area contributed by atoms with Crippen molar-refractivity contribution < 1.29 is 22.7 Å². The molecule has 1 fully saturated rings. The number of morpholine rings is 1. The smallest absolute Gasteiger partial charge is 0.272 e. The number of hydrogen-bond donors (Lipinski definition) is 1. The molecule has 0 spiro atoms. The highest BCUT2D eigenvalue weighted by Gasteiger charge is 2.30. The van der Waals surface area contributed by atoms with E-state index in [9.17, 15) is 13.2 Å². The van der Waals surface area contributed by atoms with Crippen LogP contribution in [-0.4, -0.2) is 61.2 Å². The molecule has 1 aliphatic rings. The summed E-state index contributed by atoms with van der Waals surface area (Å²) in [5.41, 5.74) is 0. The minimum atomic E-state index is -3.74. The first-order valence-electron chi connectivity index (χ1n) is 8.44. The number of aromatic nitrogens is 2. The van der Waals surface area contributed by atoms with Crippen LogP contribution in [0.25, 0.3) is 0 Å². The Balaban J connectivity index is 1.66. The van der Waals surface area contributed by atoms with Crippen LogP contribution in [0.5, 0.6) is 5.75 Å². The first-order valence-corrected chi connectivity index (χ1v) is 10.7. The number of sulfonamides is 1. The van der Waals surface area contributed by atoms with Crippen LogP contribution in [-0.2, 0) is 19.6 Å². The van der Waals surface area contributed by atoms with Crippen molar-refractivity contribution in [3.8, 4) is 5.75 Å². The molecule has 27 heavy (non-hydrogen) atoms. The van der Waals surface area contributed by atoms with Crippen molar-refractivity contribution in [2.45, 2.75) is 23.8 Å². The molecule has 11 heteroatoms. The van der Waals surface area contributed by atoms with Crippen LogP contribution in [0.1, 0.15) is 13.3 Å². The Morgan fingerprint density at radius 2 is 2.00 bits per heavy atom. The molecule has 1 aliphatic heterocycles. The van der Waals surface area contributed by atoms with Gasteiger partial charge in [-0.05, 0) is 18.6 Å². The van der Waals surface area contributed by atoms with E-state index in [2.05, 4.69) is 15.5 Å². The number of nitrogens with one attached hydrogen (secondary N) is 1. The van der Waals surface area contributed by atoms with Crippen LogP contribution in [0, 0.1) is 0 Å². The topological polar surface area (TPSA) is 111 Å². The van der Waals surface area contributed by atoms with Gasteiger partial charge in [0.1, 0.15) is 5.75 Å². The lowest BCUT2D eigenvalue weighted by atomic mass is 10.2. The van der Waals surface area contributed by atoms with Crippen molar-refractivity contribution in [3.05, 3.63) is 30.3 Å². The second kappa shape index (κ2) is 8.74. The summed E-state index contributed by atoms with van der Waals surface area (Å²) in [5.74, 6) is 0.167. The molecule has 2 heterocycles. The highest BCUT2D eigenvalue weighted by atomic mass is 32.2. The van der Waals surface area contributed by atoms with Crippen LogP contribution in [0.4, 0.5) is 5.13 Å². The minimum absolute atomic E-state index is 0.113. The van der Waals surface area contributed by atoms with Crippen molar-refractivity contribution in [1.29, 1.82) is 0 Å². The van der Waals surface area contributed by atoms with Gasteiger partial charge in [0.25, 0.3) is 15.9 Å². The molecule has 1 amide bonds. The summed E-state index contributed by atoms with van der Waals surface area (Å²) in [5, 5.41) is 10.2. The third-order valence-corrected chi connectivity index (χ3v) is 6.94. The number of ether oxygens (including phenoxy) is 2. The summed E-state index contributed by atoms with van der Waals surface area (Å²) < 4.78 is 37.1. The zero-order chi connectivity index (χ0) is 19.3. The number of benzene rings is 1. The van der Waals surface area contributed by atoms with E-state index in [1.807, 2.05) is 25.1 Å². The fourth-order valence-electron chi connectivity index (χ4n) is 2.43. The van der Waals surface area contributed by atoms with Gasteiger partial charge in [0.2, 0.25) is 9.47 Å². The van der Waals surface area contributed by atoms with Gasteiger partial charge in [-0.3, -0.25) is 10.1 Å². The maximum Gasteiger partial charge on any atom is 0.272 e. The molecule has 1 atom stereocenters. The minimum Gasteiger partial charge on any atom is -0.481 e. The molecule has 1 unspecified atom stereocenters. The zero-order valence-electron chi connectivity index (χ0n) is 14.7. The third-order valence-electron chi connectivity index (χ3n) is 3.85. The predicted octanol–water partition coefficient (Wildman–Crippen LogP) is 1.36. The Kier molecular flexibility index (Phi) is 6.37. The van der Waals surface area contributed by atoms with Crippen molar-refractivity contribution in [2.75, 3.05) is 31.6 Å². The molecule has 3 rings (SSSR count). The number of para-hydroxylation sites is 1. The molecule has 0 radical (unpaired) electrons. The summed E-state index contributed by atoms with van der Waals surface area (Å²) in [6, 6.07) is 8.99. The Bertz CT molecular complexity index is 866.